The molecule has 2 aliphatic rings. The summed E-state index contributed by atoms with van der Waals surface area (Å²) < 4.78 is 14.3. The number of halogens is 1. The summed E-state index contributed by atoms with van der Waals surface area (Å²) in [6.07, 6.45) is 9.89. The van der Waals surface area contributed by atoms with Crippen LogP contribution in [0.15, 0.2) is 82.9 Å². The van der Waals surface area contributed by atoms with E-state index < -0.39 is 0 Å². The smallest absolute Gasteiger partial charge is 0.209 e. The van der Waals surface area contributed by atoms with E-state index in [-0.39, 0.29) is 11.9 Å². The minimum atomic E-state index is -0.313. The van der Waals surface area contributed by atoms with Gasteiger partial charge in [0.1, 0.15) is 17.3 Å². The van der Waals surface area contributed by atoms with Gasteiger partial charge in [-0.2, -0.15) is 0 Å². The Bertz CT molecular complexity index is 1020. The highest BCUT2D eigenvalue weighted by atomic mass is 19.1. The lowest BCUT2D eigenvalue weighted by atomic mass is 10.2. The van der Waals surface area contributed by atoms with E-state index >= 15 is 0 Å². The van der Waals surface area contributed by atoms with Gasteiger partial charge >= 0.3 is 0 Å². The molecule has 1 aliphatic carbocycles. The van der Waals surface area contributed by atoms with Crippen molar-refractivity contribution >= 4 is 17.5 Å². The van der Waals surface area contributed by atoms with Crippen molar-refractivity contribution in [3.8, 4) is 0 Å². The molecule has 0 saturated heterocycles. The first-order valence-corrected chi connectivity index (χ1v) is 10.6. The summed E-state index contributed by atoms with van der Waals surface area (Å²) in [5.74, 6) is 1.57. The highest BCUT2D eigenvalue weighted by molar-refractivity contribution is 6.18. The summed E-state index contributed by atoms with van der Waals surface area (Å²) >= 11 is 0. The number of amidine groups is 1. The number of nitrogens with one attached hydrogen (secondary N) is 2. The second-order valence-corrected chi connectivity index (χ2v) is 7.62. The number of benzene rings is 1. The molecule has 0 bridgehead atoms. The number of rotatable bonds is 6. The zero-order chi connectivity index (χ0) is 21.6. The van der Waals surface area contributed by atoms with Crippen LogP contribution in [0.1, 0.15) is 38.2 Å². The molecule has 2 N–H and O–H groups in total. The average Bonchev–Trinajstić information content (AvgIpc) is 3.42. The van der Waals surface area contributed by atoms with Gasteiger partial charge in [0.05, 0.1) is 5.69 Å². The molecule has 1 aliphatic heterocycles. The van der Waals surface area contributed by atoms with Crippen molar-refractivity contribution in [3.05, 3.63) is 84.3 Å². The van der Waals surface area contributed by atoms with E-state index in [1.165, 1.54) is 6.07 Å². The first kappa shape index (κ1) is 20.8. The van der Waals surface area contributed by atoms with Crippen molar-refractivity contribution in [2.24, 2.45) is 9.98 Å². The third-order valence-corrected chi connectivity index (χ3v) is 5.46. The van der Waals surface area contributed by atoms with Crippen LogP contribution in [-0.2, 0) is 6.54 Å². The van der Waals surface area contributed by atoms with Gasteiger partial charge < -0.3 is 10.6 Å². The van der Waals surface area contributed by atoms with Crippen molar-refractivity contribution in [1.29, 1.82) is 0 Å². The highest BCUT2D eigenvalue weighted by Gasteiger charge is 2.35. The Balaban J connectivity index is 1.58. The standard InChI is InChI=1S/C24H27FN6/c1-3-21-23(28-17(2)27-16-18-9-8-14-26-15-18)31(19-10-4-5-11-19)24(29-21)30-22-13-7-6-12-20(22)25/h3,6-9,12-15,19,27H,2,4-5,10-11,16H2,1H3,(H,29,30)/b21-3+,28-23+. The maximum absolute atomic E-state index is 14.3. The van der Waals surface area contributed by atoms with Gasteiger partial charge in [0.2, 0.25) is 5.96 Å². The summed E-state index contributed by atoms with van der Waals surface area (Å²) in [6, 6.07) is 10.8. The highest BCUT2D eigenvalue weighted by Crippen LogP contribution is 2.30. The molecule has 2 heterocycles. The summed E-state index contributed by atoms with van der Waals surface area (Å²) in [5, 5.41) is 6.43. The predicted molar refractivity (Wildman–Crippen MR) is 123 cm³/mol. The summed E-state index contributed by atoms with van der Waals surface area (Å²) in [4.78, 5) is 15.8. The van der Waals surface area contributed by atoms with Crippen molar-refractivity contribution in [2.45, 2.75) is 45.2 Å². The molecule has 160 valence electrons. The minimum absolute atomic E-state index is 0.264. The normalized spacial score (nSPS) is 19.2. The molecule has 2 aromatic rings. The van der Waals surface area contributed by atoms with Crippen LogP contribution in [-0.4, -0.2) is 27.7 Å². The number of aromatic nitrogens is 1. The SMILES string of the molecule is C=C(/N=C1\C(=C/C)N=C(Nc2ccccc2F)N1C1CCCC1)NCc1cccnc1. The Morgan fingerprint density at radius 3 is 2.77 bits per heavy atom. The van der Waals surface area contributed by atoms with Gasteiger partial charge in [-0.3, -0.25) is 9.88 Å². The van der Waals surface area contributed by atoms with Crippen LogP contribution < -0.4 is 10.6 Å². The fourth-order valence-corrected chi connectivity index (χ4v) is 3.90. The third kappa shape index (κ3) is 4.82. The lowest BCUT2D eigenvalue weighted by molar-refractivity contribution is 0.447. The van der Waals surface area contributed by atoms with E-state index in [0.717, 1.165) is 42.8 Å². The van der Waals surface area contributed by atoms with E-state index in [0.29, 0.717) is 24.0 Å². The fourth-order valence-electron chi connectivity index (χ4n) is 3.90. The molecule has 0 atom stereocenters. The van der Waals surface area contributed by atoms with Gasteiger partial charge in [0.15, 0.2) is 5.84 Å². The minimum Gasteiger partial charge on any atom is -0.366 e. The van der Waals surface area contributed by atoms with Crippen LogP contribution in [0.5, 0.6) is 0 Å². The van der Waals surface area contributed by atoms with Crippen molar-refractivity contribution in [1.82, 2.24) is 15.2 Å². The number of hydrogen-bond donors (Lipinski definition) is 2. The number of aliphatic imine (C=N–C) groups is 2. The Kier molecular flexibility index (Phi) is 6.40. The molecule has 4 rings (SSSR count). The van der Waals surface area contributed by atoms with Crippen molar-refractivity contribution in [3.63, 3.8) is 0 Å². The monoisotopic (exact) mass is 418 g/mol. The predicted octanol–water partition coefficient (Wildman–Crippen LogP) is 4.81. The molecule has 1 fully saturated rings. The van der Waals surface area contributed by atoms with Crippen LogP contribution in [0.4, 0.5) is 10.1 Å². The lowest BCUT2D eigenvalue weighted by Crippen LogP contribution is -2.43. The van der Waals surface area contributed by atoms with Crippen molar-refractivity contribution in [2.75, 3.05) is 5.32 Å². The van der Waals surface area contributed by atoms with Gasteiger partial charge in [0.25, 0.3) is 0 Å². The number of nitrogens with zero attached hydrogens (tertiary/aromatic N) is 4. The molecule has 1 saturated carbocycles. The van der Waals surface area contributed by atoms with Crippen LogP contribution in [0.25, 0.3) is 0 Å². The van der Waals surface area contributed by atoms with Crippen LogP contribution >= 0.6 is 0 Å². The quantitative estimate of drug-likeness (QED) is 0.707. The Labute approximate surface area is 182 Å². The molecular weight excluding hydrogens is 391 g/mol. The summed E-state index contributed by atoms with van der Waals surface area (Å²) in [5.41, 5.74) is 2.19. The molecule has 31 heavy (non-hydrogen) atoms. The van der Waals surface area contributed by atoms with Gasteiger partial charge in [-0.15, -0.1) is 0 Å². The average molecular weight is 419 g/mol. The van der Waals surface area contributed by atoms with Crippen molar-refractivity contribution < 1.29 is 4.39 Å². The number of para-hydroxylation sites is 1. The second kappa shape index (κ2) is 9.55. The van der Waals surface area contributed by atoms with Gasteiger partial charge in [-0.05, 0) is 43.5 Å². The Hall–Kier alpha value is -3.48. The second-order valence-electron chi connectivity index (χ2n) is 7.62. The van der Waals surface area contributed by atoms with Crippen LogP contribution in [0.3, 0.4) is 0 Å². The van der Waals surface area contributed by atoms with E-state index in [1.807, 2.05) is 31.3 Å². The summed E-state index contributed by atoms with van der Waals surface area (Å²) in [7, 11) is 0. The van der Waals surface area contributed by atoms with Crippen LogP contribution in [0, 0.1) is 5.82 Å². The van der Waals surface area contributed by atoms with Crippen LogP contribution in [0.2, 0.25) is 0 Å². The fraction of sp³-hybridized carbons (Fsp3) is 0.292. The van der Waals surface area contributed by atoms with Gasteiger partial charge in [-0.25, -0.2) is 14.4 Å². The zero-order valence-corrected chi connectivity index (χ0v) is 17.7. The first-order valence-electron chi connectivity index (χ1n) is 10.6. The third-order valence-electron chi connectivity index (χ3n) is 5.46. The number of allylic oxidation sites excluding steroid dienone is 1. The first-order chi connectivity index (χ1) is 15.2. The lowest BCUT2D eigenvalue weighted by Gasteiger charge is -2.28. The zero-order valence-electron chi connectivity index (χ0n) is 17.7. The van der Waals surface area contributed by atoms with Gasteiger partial charge in [-0.1, -0.05) is 43.7 Å². The number of pyridine rings is 1. The molecular formula is C24H27FN6. The Morgan fingerprint density at radius 2 is 2.06 bits per heavy atom. The van der Waals surface area contributed by atoms with E-state index in [9.17, 15) is 4.39 Å². The number of anilines is 1. The van der Waals surface area contributed by atoms with Gasteiger partial charge in [0, 0.05) is 25.0 Å². The molecule has 0 radical (unpaired) electrons. The van der Waals surface area contributed by atoms with E-state index in [2.05, 4.69) is 27.1 Å². The molecule has 7 heteroatoms. The number of hydrogen-bond acceptors (Lipinski definition) is 5. The molecule has 0 unspecified atom stereocenters. The maximum Gasteiger partial charge on any atom is 0.209 e. The molecule has 1 aromatic carbocycles. The number of guanidine groups is 1. The molecule has 0 spiro atoms. The summed E-state index contributed by atoms with van der Waals surface area (Å²) in [6.45, 7) is 6.59. The largest absolute Gasteiger partial charge is 0.366 e. The molecule has 6 nitrogen and oxygen atoms in total. The maximum atomic E-state index is 14.3. The molecule has 1 aromatic heterocycles. The molecule has 0 amide bonds. The topological polar surface area (TPSA) is 64.9 Å². The Morgan fingerprint density at radius 1 is 1.26 bits per heavy atom. The van der Waals surface area contributed by atoms with E-state index in [1.54, 1.807) is 24.4 Å². The van der Waals surface area contributed by atoms with E-state index in [4.69, 9.17) is 9.98 Å².